The van der Waals surface area contributed by atoms with Gasteiger partial charge in [0.2, 0.25) is 5.91 Å². The normalized spacial score (nSPS) is 15.7. The molecule has 0 aliphatic carbocycles. The quantitative estimate of drug-likeness (QED) is 0.185. The molecule has 4 aromatic carbocycles. The minimum absolute atomic E-state index is 0.00309. The highest BCUT2D eigenvalue weighted by Crippen LogP contribution is 2.41. The Hall–Kier alpha value is -3.73. The highest BCUT2D eigenvalue weighted by Gasteiger charge is 2.40. The molecule has 5 rings (SSSR count). The van der Waals surface area contributed by atoms with Crippen LogP contribution in [0.2, 0.25) is 0 Å². The van der Waals surface area contributed by atoms with Gasteiger partial charge in [0.05, 0.1) is 25.9 Å². The minimum Gasteiger partial charge on any atom is -0.375 e. The number of ether oxygens (including phenoxy) is 2. The molecular weight excluding hydrogens is 458 g/mol. The van der Waals surface area contributed by atoms with Gasteiger partial charge in [-0.15, -0.1) is 0 Å². The Kier molecular flexibility index (Phi) is 8.09. The first-order chi connectivity index (χ1) is 18.3. The molecule has 1 aliphatic heterocycles. The van der Waals surface area contributed by atoms with Crippen LogP contribution in [-0.2, 0) is 26.5 Å². The molecule has 1 heterocycles. The van der Waals surface area contributed by atoms with Crippen molar-refractivity contribution in [2.45, 2.75) is 31.1 Å². The van der Waals surface area contributed by atoms with Crippen LogP contribution in [0.1, 0.15) is 35.1 Å². The molecule has 0 N–H and O–H groups in total. The number of rotatable bonds is 11. The van der Waals surface area contributed by atoms with Crippen molar-refractivity contribution in [3.63, 3.8) is 0 Å². The summed E-state index contributed by atoms with van der Waals surface area (Å²) in [5.74, 6) is 0.168. The van der Waals surface area contributed by atoms with Gasteiger partial charge in [0.15, 0.2) is 0 Å². The molecule has 0 saturated carbocycles. The van der Waals surface area contributed by atoms with E-state index in [4.69, 9.17) is 9.47 Å². The SMILES string of the molecule is O=C1CCC(COC(c2ccccc2)(c2ccccc2)c2ccccc2)N1CCOCc1ccccc1. The Labute approximate surface area is 219 Å². The van der Waals surface area contributed by atoms with Crippen LogP contribution < -0.4 is 0 Å². The maximum absolute atomic E-state index is 12.8. The summed E-state index contributed by atoms with van der Waals surface area (Å²) in [7, 11) is 0. The minimum atomic E-state index is -0.787. The van der Waals surface area contributed by atoms with E-state index in [2.05, 4.69) is 72.8 Å². The zero-order chi connectivity index (χ0) is 25.3. The van der Waals surface area contributed by atoms with E-state index in [1.54, 1.807) is 0 Å². The van der Waals surface area contributed by atoms with Gasteiger partial charge in [-0.2, -0.15) is 0 Å². The van der Waals surface area contributed by atoms with Crippen molar-refractivity contribution in [1.29, 1.82) is 0 Å². The van der Waals surface area contributed by atoms with Crippen molar-refractivity contribution in [3.8, 4) is 0 Å². The molecule has 1 unspecified atom stereocenters. The van der Waals surface area contributed by atoms with Gasteiger partial charge in [0, 0.05) is 13.0 Å². The Bertz CT molecular complexity index is 1150. The van der Waals surface area contributed by atoms with Gasteiger partial charge in [0.1, 0.15) is 5.60 Å². The number of carbonyl (C=O) groups excluding carboxylic acids is 1. The Morgan fingerprint density at radius 3 is 1.70 bits per heavy atom. The van der Waals surface area contributed by atoms with E-state index < -0.39 is 5.60 Å². The molecule has 1 saturated heterocycles. The van der Waals surface area contributed by atoms with E-state index in [-0.39, 0.29) is 11.9 Å². The number of carbonyl (C=O) groups is 1. The molecule has 0 spiro atoms. The summed E-state index contributed by atoms with van der Waals surface area (Å²) in [6.45, 7) is 2.04. The van der Waals surface area contributed by atoms with Gasteiger partial charge in [0.25, 0.3) is 0 Å². The topological polar surface area (TPSA) is 38.8 Å². The first kappa shape index (κ1) is 24.9. The molecule has 0 radical (unpaired) electrons. The van der Waals surface area contributed by atoms with Crippen LogP contribution in [0.15, 0.2) is 121 Å². The lowest BCUT2D eigenvalue weighted by Gasteiger charge is -2.38. The standard InChI is InChI=1S/C33H33NO3/c35-32-22-21-31(34(32)23-24-36-25-27-13-5-1-6-14-27)26-37-33(28-15-7-2-8-16-28,29-17-9-3-10-18-29)30-19-11-4-12-20-30/h1-20,31H,21-26H2. The molecule has 4 nitrogen and oxygen atoms in total. The van der Waals surface area contributed by atoms with Crippen LogP contribution in [0, 0.1) is 0 Å². The van der Waals surface area contributed by atoms with Crippen LogP contribution in [0.3, 0.4) is 0 Å². The summed E-state index contributed by atoms with van der Waals surface area (Å²) >= 11 is 0. The summed E-state index contributed by atoms with van der Waals surface area (Å²) in [6, 6.07) is 41.2. The van der Waals surface area contributed by atoms with Crippen molar-refractivity contribution in [1.82, 2.24) is 4.90 Å². The van der Waals surface area contributed by atoms with Gasteiger partial charge in [-0.05, 0) is 28.7 Å². The maximum Gasteiger partial charge on any atom is 0.223 e. The van der Waals surface area contributed by atoms with Crippen molar-refractivity contribution >= 4 is 5.91 Å². The predicted molar refractivity (Wildman–Crippen MR) is 146 cm³/mol. The van der Waals surface area contributed by atoms with Gasteiger partial charge in [-0.1, -0.05) is 121 Å². The van der Waals surface area contributed by atoms with E-state index in [0.717, 1.165) is 28.7 Å². The molecule has 188 valence electrons. The van der Waals surface area contributed by atoms with Crippen molar-refractivity contribution < 1.29 is 14.3 Å². The molecular formula is C33H33NO3. The highest BCUT2D eigenvalue weighted by molar-refractivity contribution is 5.78. The molecule has 1 amide bonds. The van der Waals surface area contributed by atoms with E-state index in [1.165, 1.54) is 0 Å². The van der Waals surface area contributed by atoms with Gasteiger partial charge in [-0.3, -0.25) is 4.79 Å². The first-order valence-corrected chi connectivity index (χ1v) is 13.0. The average Bonchev–Trinajstić information content (AvgIpc) is 3.32. The van der Waals surface area contributed by atoms with Crippen LogP contribution in [0.25, 0.3) is 0 Å². The predicted octanol–water partition coefficient (Wildman–Crippen LogP) is 6.20. The Morgan fingerprint density at radius 2 is 1.19 bits per heavy atom. The summed E-state index contributed by atoms with van der Waals surface area (Å²) in [5, 5.41) is 0. The van der Waals surface area contributed by atoms with Gasteiger partial charge >= 0.3 is 0 Å². The molecule has 37 heavy (non-hydrogen) atoms. The summed E-state index contributed by atoms with van der Waals surface area (Å²) in [5.41, 5.74) is 3.54. The second kappa shape index (κ2) is 12.0. The smallest absolute Gasteiger partial charge is 0.223 e. The number of likely N-dealkylation sites (tertiary alicyclic amines) is 1. The van der Waals surface area contributed by atoms with Crippen molar-refractivity contribution in [2.75, 3.05) is 19.8 Å². The second-order valence-electron chi connectivity index (χ2n) is 9.41. The van der Waals surface area contributed by atoms with Crippen LogP contribution >= 0.6 is 0 Å². The fraction of sp³-hybridized carbons (Fsp3) is 0.242. The molecule has 4 heteroatoms. The summed E-state index contributed by atoms with van der Waals surface area (Å²) < 4.78 is 12.9. The number of hydrogen-bond acceptors (Lipinski definition) is 3. The lowest BCUT2D eigenvalue weighted by molar-refractivity contribution is -0.131. The molecule has 1 aliphatic rings. The maximum atomic E-state index is 12.8. The fourth-order valence-corrected chi connectivity index (χ4v) is 5.19. The van der Waals surface area contributed by atoms with E-state index in [9.17, 15) is 4.79 Å². The monoisotopic (exact) mass is 491 g/mol. The summed E-state index contributed by atoms with van der Waals surface area (Å²) in [6.07, 6.45) is 1.33. The van der Waals surface area contributed by atoms with Crippen molar-refractivity contribution in [3.05, 3.63) is 144 Å². The largest absolute Gasteiger partial charge is 0.375 e. The molecule has 0 bridgehead atoms. The van der Waals surface area contributed by atoms with Crippen molar-refractivity contribution in [2.24, 2.45) is 0 Å². The number of nitrogens with zero attached hydrogens (tertiary/aromatic N) is 1. The summed E-state index contributed by atoms with van der Waals surface area (Å²) in [4.78, 5) is 14.7. The van der Waals surface area contributed by atoms with Crippen LogP contribution in [0.4, 0.5) is 0 Å². The first-order valence-electron chi connectivity index (χ1n) is 13.0. The number of benzene rings is 4. The molecule has 0 aromatic heterocycles. The fourth-order valence-electron chi connectivity index (χ4n) is 5.19. The van der Waals surface area contributed by atoms with Crippen LogP contribution in [-0.4, -0.2) is 36.6 Å². The third-order valence-corrected chi connectivity index (χ3v) is 7.07. The molecule has 4 aromatic rings. The Morgan fingerprint density at radius 1 is 0.703 bits per heavy atom. The van der Waals surface area contributed by atoms with Gasteiger partial charge < -0.3 is 14.4 Å². The number of hydrogen-bond donors (Lipinski definition) is 0. The van der Waals surface area contributed by atoms with E-state index >= 15 is 0 Å². The lowest BCUT2D eigenvalue weighted by atomic mass is 9.80. The van der Waals surface area contributed by atoms with Crippen LogP contribution in [0.5, 0.6) is 0 Å². The zero-order valence-corrected chi connectivity index (χ0v) is 21.0. The Balaban J connectivity index is 1.37. The van der Waals surface area contributed by atoms with E-state index in [0.29, 0.717) is 32.8 Å². The average molecular weight is 492 g/mol. The van der Waals surface area contributed by atoms with E-state index in [1.807, 2.05) is 53.4 Å². The van der Waals surface area contributed by atoms with Gasteiger partial charge in [-0.25, -0.2) is 0 Å². The second-order valence-corrected chi connectivity index (χ2v) is 9.41. The lowest BCUT2D eigenvalue weighted by Crippen LogP contribution is -2.42. The molecule has 1 fully saturated rings. The third kappa shape index (κ3) is 5.66. The zero-order valence-electron chi connectivity index (χ0n) is 21.0. The number of amides is 1. The highest BCUT2D eigenvalue weighted by atomic mass is 16.5. The molecule has 1 atom stereocenters. The third-order valence-electron chi connectivity index (χ3n) is 7.07.